The lowest BCUT2D eigenvalue weighted by Crippen LogP contribution is -2.27. The maximum atomic E-state index is 12.6. The highest BCUT2D eigenvalue weighted by molar-refractivity contribution is 7.13. The molecule has 0 radical (unpaired) electrons. The number of nitrogens with one attached hydrogen (secondary N) is 2. The van der Waals surface area contributed by atoms with Crippen LogP contribution < -0.4 is 10.6 Å². The molecule has 0 unspecified atom stereocenters. The highest BCUT2D eigenvalue weighted by atomic mass is 32.1. The number of para-hydroxylation sites is 1. The van der Waals surface area contributed by atoms with Gasteiger partial charge in [-0.25, -0.2) is 0 Å². The first-order valence-corrected chi connectivity index (χ1v) is 11.1. The topological polar surface area (TPSA) is 97.1 Å². The highest BCUT2D eigenvalue weighted by Gasteiger charge is 2.15. The van der Waals surface area contributed by atoms with E-state index in [0.717, 1.165) is 16.9 Å². The number of benzene rings is 2. The number of anilines is 1. The summed E-state index contributed by atoms with van der Waals surface area (Å²) < 4.78 is 5.23. The van der Waals surface area contributed by atoms with E-state index in [4.69, 9.17) is 4.52 Å². The third kappa shape index (κ3) is 5.67. The van der Waals surface area contributed by atoms with Crippen LogP contribution in [0.5, 0.6) is 0 Å². The molecule has 0 aliphatic carbocycles. The van der Waals surface area contributed by atoms with Gasteiger partial charge in [0.05, 0.1) is 16.1 Å². The maximum absolute atomic E-state index is 12.6. The third-order valence-corrected chi connectivity index (χ3v) is 5.63. The van der Waals surface area contributed by atoms with Gasteiger partial charge in [-0.3, -0.25) is 9.59 Å². The van der Waals surface area contributed by atoms with Crippen LogP contribution in [0.4, 0.5) is 5.69 Å². The maximum Gasteiger partial charge on any atom is 0.253 e. The Balaban J connectivity index is 1.30. The zero-order valence-electron chi connectivity index (χ0n) is 17.3. The second-order valence-corrected chi connectivity index (χ2v) is 8.02. The van der Waals surface area contributed by atoms with Crippen LogP contribution in [-0.2, 0) is 17.6 Å². The molecule has 8 heteroatoms. The lowest BCUT2D eigenvalue weighted by atomic mass is 10.1. The van der Waals surface area contributed by atoms with E-state index >= 15 is 0 Å². The first-order valence-electron chi connectivity index (χ1n) is 10.3. The minimum atomic E-state index is -0.231. The molecule has 4 rings (SSSR count). The average Bonchev–Trinajstić information content (AvgIpc) is 3.51. The molecule has 2 amide bonds. The molecule has 0 saturated heterocycles. The molecule has 7 nitrogen and oxygen atoms in total. The van der Waals surface area contributed by atoms with Crippen molar-refractivity contribution in [2.24, 2.45) is 0 Å². The fourth-order valence-corrected chi connectivity index (χ4v) is 3.80. The summed E-state index contributed by atoms with van der Waals surface area (Å²) in [7, 11) is 0. The van der Waals surface area contributed by atoms with Crippen molar-refractivity contribution in [2.45, 2.75) is 19.3 Å². The van der Waals surface area contributed by atoms with Crippen molar-refractivity contribution in [3.05, 3.63) is 89.1 Å². The third-order valence-electron chi connectivity index (χ3n) is 4.76. The fourth-order valence-electron chi connectivity index (χ4n) is 3.15. The fraction of sp³-hybridized carbons (Fsp3) is 0.167. The van der Waals surface area contributed by atoms with Gasteiger partial charge in [-0.1, -0.05) is 53.7 Å². The van der Waals surface area contributed by atoms with Gasteiger partial charge < -0.3 is 15.2 Å². The molecule has 2 aromatic carbocycles. The molecule has 2 heterocycles. The number of hydrogen-bond acceptors (Lipinski definition) is 6. The second kappa shape index (κ2) is 10.5. The molecular weight excluding hydrogens is 424 g/mol. The molecule has 0 aliphatic heterocycles. The van der Waals surface area contributed by atoms with E-state index in [-0.39, 0.29) is 18.2 Å². The Morgan fingerprint density at radius 2 is 1.75 bits per heavy atom. The minimum absolute atomic E-state index is 0.163. The van der Waals surface area contributed by atoms with Crippen LogP contribution in [0.1, 0.15) is 28.2 Å². The summed E-state index contributed by atoms with van der Waals surface area (Å²) in [6.07, 6.45) is 1.21. The average molecular weight is 447 g/mol. The van der Waals surface area contributed by atoms with E-state index in [9.17, 15) is 9.59 Å². The van der Waals surface area contributed by atoms with Crippen LogP contribution in [0.3, 0.4) is 0 Å². The van der Waals surface area contributed by atoms with Crippen molar-refractivity contribution in [1.29, 1.82) is 0 Å². The first kappa shape index (κ1) is 21.5. The van der Waals surface area contributed by atoms with E-state index in [1.807, 2.05) is 47.8 Å². The van der Waals surface area contributed by atoms with Gasteiger partial charge in [-0.15, -0.1) is 11.3 Å². The van der Waals surface area contributed by atoms with Crippen molar-refractivity contribution >= 4 is 28.8 Å². The molecule has 0 saturated carbocycles. The quantitative estimate of drug-likeness (QED) is 0.399. The van der Waals surface area contributed by atoms with Gasteiger partial charge in [0.2, 0.25) is 17.6 Å². The SMILES string of the molecule is O=C(CCc1nc(-c2cccs2)no1)Nc1ccccc1C(=O)NCCc1ccccc1. The molecule has 32 heavy (non-hydrogen) atoms. The van der Waals surface area contributed by atoms with Crippen LogP contribution >= 0.6 is 11.3 Å². The Bertz CT molecular complexity index is 1170. The van der Waals surface area contributed by atoms with Gasteiger partial charge in [-0.2, -0.15) is 4.98 Å². The lowest BCUT2D eigenvalue weighted by Gasteiger charge is -2.11. The number of aryl methyl sites for hydroxylation is 1. The van der Waals surface area contributed by atoms with Crippen LogP contribution in [0, 0.1) is 0 Å². The molecule has 162 valence electrons. The zero-order valence-corrected chi connectivity index (χ0v) is 18.1. The number of nitrogens with zero attached hydrogens (tertiary/aromatic N) is 2. The van der Waals surface area contributed by atoms with Crippen LogP contribution in [0.25, 0.3) is 10.7 Å². The first-order chi connectivity index (χ1) is 15.7. The zero-order chi connectivity index (χ0) is 22.2. The summed E-state index contributed by atoms with van der Waals surface area (Å²) in [6, 6.07) is 20.7. The van der Waals surface area contributed by atoms with Gasteiger partial charge in [0.25, 0.3) is 5.91 Å². The molecule has 2 N–H and O–H groups in total. The number of carbonyl (C=O) groups excluding carboxylic acids is 2. The minimum Gasteiger partial charge on any atom is -0.352 e. The largest absolute Gasteiger partial charge is 0.352 e. The van der Waals surface area contributed by atoms with Gasteiger partial charge in [0.1, 0.15) is 0 Å². The van der Waals surface area contributed by atoms with E-state index in [2.05, 4.69) is 20.8 Å². The summed E-state index contributed by atoms with van der Waals surface area (Å²) in [4.78, 5) is 30.3. The van der Waals surface area contributed by atoms with Crippen LogP contribution in [-0.4, -0.2) is 28.5 Å². The van der Waals surface area contributed by atoms with E-state index in [1.54, 1.807) is 24.3 Å². The molecule has 0 bridgehead atoms. The van der Waals surface area contributed by atoms with Crippen molar-refractivity contribution in [1.82, 2.24) is 15.5 Å². The number of aromatic nitrogens is 2. The lowest BCUT2D eigenvalue weighted by molar-refractivity contribution is -0.116. The summed E-state index contributed by atoms with van der Waals surface area (Å²) in [6.45, 7) is 0.509. The Hall–Kier alpha value is -3.78. The Morgan fingerprint density at radius 1 is 0.938 bits per heavy atom. The van der Waals surface area contributed by atoms with Crippen molar-refractivity contribution in [2.75, 3.05) is 11.9 Å². The van der Waals surface area contributed by atoms with E-state index < -0.39 is 0 Å². The molecule has 0 spiro atoms. The molecule has 0 aliphatic rings. The monoisotopic (exact) mass is 446 g/mol. The number of hydrogen-bond donors (Lipinski definition) is 2. The van der Waals surface area contributed by atoms with Crippen LogP contribution in [0.15, 0.2) is 76.6 Å². The second-order valence-electron chi connectivity index (χ2n) is 7.07. The molecule has 0 atom stereocenters. The predicted molar refractivity (Wildman–Crippen MR) is 123 cm³/mol. The highest BCUT2D eigenvalue weighted by Crippen LogP contribution is 2.21. The number of amides is 2. The van der Waals surface area contributed by atoms with E-state index in [0.29, 0.717) is 35.9 Å². The van der Waals surface area contributed by atoms with Crippen molar-refractivity contribution in [3.8, 4) is 10.7 Å². The summed E-state index contributed by atoms with van der Waals surface area (Å²) in [5.41, 5.74) is 2.05. The van der Waals surface area contributed by atoms with E-state index in [1.165, 1.54) is 11.3 Å². The standard InChI is InChI=1S/C24H22N4O3S/c29-21(12-13-22-27-23(28-31-22)20-11-6-16-32-20)26-19-10-5-4-9-18(19)24(30)25-15-14-17-7-2-1-3-8-17/h1-11,16H,12-15H2,(H,25,30)(H,26,29). The number of thiophene rings is 1. The van der Waals surface area contributed by atoms with Gasteiger partial charge in [-0.05, 0) is 35.6 Å². The smallest absolute Gasteiger partial charge is 0.253 e. The van der Waals surface area contributed by atoms with Gasteiger partial charge in [0.15, 0.2) is 0 Å². The van der Waals surface area contributed by atoms with Crippen molar-refractivity contribution in [3.63, 3.8) is 0 Å². The summed E-state index contributed by atoms with van der Waals surface area (Å²) in [5.74, 6) is 0.461. The van der Waals surface area contributed by atoms with Gasteiger partial charge >= 0.3 is 0 Å². The molecular formula is C24H22N4O3S. The Labute approximate surface area is 189 Å². The van der Waals surface area contributed by atoms with Gasteiger partial charge in [0, 0.05) is 19.4 Å². The number of carbonyl (C=O) groups is 2. The predicted octanol–water partition coefficient (Wildman–Crippen LogP) is 4.34. The van der Waals surface area contributed by atoms with Crippen LogP contribution in [0.2, 0.25) is 0 Å². The molecule has 4 aromatic rings. The molecule has 2 aromatic heterocycles. The summed E-state index contributed by atoms with van der Waals surface area (Å²) in [5, 5.41) is 11.6. The van der Waals surface area contributed by atoms with Crippen molar-refractivity contribution < 1.29 is 14.1 Å². The Morgan fingerprint density at radius 3 is 2.56 bits per heavy atom. The Kier molecular flexibility index (Phi) is 7.04. The normalized spacial score (nSPS) is 10.6. The number of rotatable bonds is 9. The molecule has 0 fully saturated rings. The summed E-state index contributed by atoms with van der Waals surface area (Å²) >= 11 is 1.52.